The zero-order valence-corrected chi connectivity index (χ0v) is 12.0. The molecule has 1 aromatic heterocycles. The lowest BCUT2D eigenvalue weighted by Crippen LogP contribution is -2.28. The standard InChI is InChI=1S/C16H22OS/c1-11-4-2-5-12(10-11)16(17)14-6-3-7-15-13(14)8-9-18-15/h8-9,11-12,14H,2-7,10H2,1H3. The van der Waals surface area contributed by atoms with Crippen LogP contribution >= 0.6 is 11.3 Å². The van der Waals surface area contributed by atoms with E-state index in [1.807, 2.05) is 11.3 Å². The second-order valence-corrected chi connectivity index (χ2v) is 7.12. The summed E-state index contributed by atoms with van der Waals surface area (Å²) in [6.45, 7) is 2.30. The number of hydrogen-bond acceptors (Lipinski definition) is 2. The largest absolute Gasteiger partial charge is 0.299 e. The van der Waals surface area contributed by atoms with E-state index < -0.39 is 0 Å². The van der Waals surface area contributed by atoms with E-state index >= 15 is 0 Å². The molecule has 0 saturated heterocycles. The topological polar surface area (TPSA) is 17.1 Å². The van der Waals surface area contributed by atoms with Gasteiger partial charge >= 0.3 is 0 Å². The molecule has 1 fully saturated rings. The highest BCUT2D eigenvalue weighted by Crippen LogP contribution is 2.40. The van der Waals surface area contributed by atoms with E-state index in [1.54, 1.807) is 0 Å². The van der Waals surface area contributed by atoms with Crippen LogP contribution in [0.2, 0.25) is 0 Å². The van der Waals surface area contributed by atoms with E-state index in [2.05, 4.69) is 18.4 Å². The number of hydrogen-bond donors (Lipinski definition) is 0. The van der Waals surface area contributed by atoms with E-state index in [-0.39, 0.29) is 5.92 Å². The Bertz CT molecular complexity index is 434. The van der Waals surface area contributed by atoms with Gasteiger partial charge in [-0.05, 0) is 55.0 Å². The summed E-state index contributed by atoms with van der Waals surface area (Å²) in [5.74, 6) is 1.89. The van der Waals surface area contributed by atoms with Gasteiger partial charge in [-0.1, -0.05) is 19.8 Å². The van der Waals surface area contributed by atoms with Crippen molar-refractivity contribution >= 4 is 17.1 Å². The third kappa shape index (κ3) is 2.27. The number of fused-ring (bicyclic) bond motifs is 1. The number of aryl methyl sites for hydroxylation is 1. The highest BCUT2D eigenvalue weighted by Gasteiger charge is 2.33. The van der Waals surface area contributed by atoms with Crippen LogP contribution in [-0.2, 0) is 11.2 Å². The summed E-state index contributed by atoms with van der Waals surface area (Å²) in [6, 6.07) is 2.20. The molecule has 3 unspecified atom stereocenters. The summed E-state index contributed by atoms with van der Waals surface area (Å²) in [5.41, 5.74) is 1.37. The van der Waals surface area contributed by atoms with Crippen molar-refractivity contribution < 1.29 is 4.79 Å². The van der Waals surface area contributed by atoms with Crippen LogP contribution in [0, 0.1) is 11.8 Å². The number of carbonyl (C=O) groups excluding carboxylic acids is 1. The van der Waals surface area contributed by atoms with Crippen molar-refractivity contribution in [3.8, 4) is 0 Å². The predicted octanol–water partition coefficient (Wildman–Crippen LogP) is 4.56. The Morgan fingerprint density at radius 1 is 1.28 bits per heavy atom. The van der Waals surface area contributed by atoms with Gasteiger partial charge in [-0.25, -0.2) is 0 Å². The maximum atomic E-state index is 12.8. The van der Waals surface area contributed by atoms with Gasteiger partial charge in [0.2, 0.25) is 0 Å². The third-order valence-electron chi connectivity index (χ3n) is 4.73. The summed E-state index contributed by atoms with van der Waals surface area (Å²) in [6.07, 6.45) is 8.32. The Labute approximate surface area is 114 Å². The molecule has 0 N–H and O–H groups in total. The lowest BCUT2D eigenvalue weighted by atomic mass is 9.73. The zero-order chi connectivity index (χ0) is 12.5. The Morgan fingerprint density at radius 3 is 3.00 bits per heavy atom. The van der Waals surface area contributed by atoms with Gasteiger partial charge in [-0.3, -0.25) is 4.79 Å². The quantitative estimate of drug-likeness (QED) is 0.763. The van der Waals surface area contributed by atoms with Gasteiger partial charge in [0.25, 0.3) is 0 Å². The first-order valence-corrected chi connectivity index (χ1v) is 8.23. The van der Waals surface area contributed by atoms with Crippen LogP contribution in [0.25, 0.3) is 0 Å². The number of Topliss-reactive ketones (excluding diaryl/α,β-unsaturated/α-hetero) is 1. The van der Waals surface area contributed by atoms with Gasteiger partial charge in [-0.2, -0.15) is 0 Å². The van der Waals surface area contributed by atoms with Gasteiger partial charge in [0.05, 0.1) is 0 Å². The fourth-order valence-electron chi connectivity index (χ4n) is 3.76. The van der Waals surface area contributed by atoms with E-state index in [1.165, 1.54) is 36.1 Å². The van der Waals surface area contributed by atoms with Gasteiger partial charge < -0.3 is 0 Å². The molecule has 2 heteroatoms. The second kappa shape index (κ2) is 5.16. The van der Waals surface area contributed by atoms with Crippen molar-refractivity contribution in [2.45, 2.75) is 57.8 Å². The molecule has 3 rings (SSSR count). The molecular weight excluding hydrogens is 240 g/mol. The molecule has 0 amide bonds. The van der Waals surface area contributed by atoms with Crippen molar-refractivity contribution in [1.82, 2.24) is 0 Å². The van der Waals surface area contributed by atoms with Gasteiger partial charge in [-0.15, -0.1) is 11.3 Å². The lowest BCUT2D eigenvalue weighted by Gasteiger charge is -2.30. The highest BCUT2D eigenvalue weighted by molar-refractivity contribution is 7.10. The molecule has 1 saturated carbocycles. The molecule has 1 nitrogen and oxygen atoms in total. The Hall–Kier alpha value is -0.630. The predicted molar refractivity (Wildman–Crippen MR) is 76.1 cm³/mol. The minimum atomic E-state index is 0.232. The molecular formula is C16H22OS. The SMILES string of the molecule is CC1CCCC(C(=O)C2CCCc3sccc32)C1. The Kier molecular flexibility index (Phi) is 3.56. The van der Waals surface area contributed by atoms with Crippen LogP contribution in [0.1, 0.15) is 61.8 Å². The van der Waals surface area contributed by atoms with Crippen LogP contribution < -0.4 is 0 Å². The van der Waals surface area contributed by atoms with Gasteiger partial charge in [0.15, 0.2) is 0 Å². The monoisotopic (exact) mass is 262 g/mol. The fourth-order valence-corrected chi connectivity index (χ4v) is 4.75. The number of ketones is 1. The molecule has 3 atom stereocenters. The highest BCUT2D eigenvalue weighted by atomic mass is 32.1. The van der Waals surface area contributed by atoms with E-state index in [4.69, 9.17) is 0 Å². The summed E-state index contributed by atoms with van der Waals surface area (Å²) in [5, 5.41) is 2.17. The van der Waals surface area contributed by atoms with Crippen LogP contribution in [0.15, 0.2) is 11.4 Å². The molecule has 0 radical (unpaired) electrons. The van der Waals surface area contributed by atoms with E-state index in [0.717, 1.165) is 25.2 Å². The van der Waals surface area contributed by atoms with Crippen LogP contribution in [0.4, 0.5) is 0 Å². The maximum Gasteiger partial charge on any atom is 0.143 e. The summed E-state index contributed by atoms with van der Waals surface area (Å²) < 4.78 is 0. The molecule has 0 aromatic carbocycles. The van der Waals surface area contributed by atoms with Crippen molar-refractivity contribution in [3.63, 3.8) is 0 Å². The lowest BCUT2D eigenvalue weighted by molar-refractivity contribution is -0.126. The molecule has 0 bridgehead atoms. The molecule has 2 aliphatic rings. The molecule has 0 spiro atoms. The van der Waals surface area contributed by atoms with Crippen molar-refractivity contribution in [2.75, 3.05) is 0 Å². The Balaban J connectivity index is 1.77. The first-order valence-electron chi connectivity index (χ1n) is 7.35. The third-order valence-corrected chi connectivity index (χ3v) is 5.73. The van der Waals surface area contributed by atoms with Gasteiger partial charge in [0.1, 0.15) is 5.78 Å². The van der Waals surface area contributed by atoms with Crippen LogP contribution in [0.5, 0.6) is 0 Å². The van der Waals surface area contributed by atoms with Crippen LogP contribution in [-0.4, -0.2) is 5.78 Å². The molecule has 0 aliphatic heterocycles. The molecule has 18 heavy (non-hydrogen) atoms. The minimum Gasteiger partial charge on any atom is -0.299 e. The van der Waals surface area contributed by atoms with E-state index in [9.17, 15) is 4.79 Å². The van der Waals surface area contributed by atoms with Gasteiger partial charge in [0, 0.05) is 16.7 Å². The summed E-state index contributed by atoms with van der Waals surface area (Å²) >= 11 is 1.84. The summed E-state index contributed by atoms with van der Waals surface area (Å²) in [4.78, 5) is 14.2. The average molecular weight is 262 g/mol. The van der Waals surface area contributed by atoms with Crippen molar-refractivity contribution in [2.24, 2.45) is 11.8 Å². The molecule has 2 aliphatic carbocycles. The first-order chi connectivity index (χ1) is 8.75. The number of rotatable bonds is 2. The summed E-state index contributed by atoms with van der Waals surface area (Å²) in [7, 11) is 0. The zero-order valence-electron chi connectivity index (χ0n) is 11.2. The van der Waals surface area contributed by atoms with E-state index in [0.29, 0.717) is 11.7 Å². The number of carbonyl (C=O) groups is 1. The smallest absolute Gasteiger partial charge is 0.143 e. The van der Waals surface area contributed by atoms with Crippen molar-refractivity contribution in [3.05, 3.63) is 21.9 Å². The molecule has 98 valence electrons. The van der Waals surface area contributed by atoms with Crippen LogP contribution in [0.3, 0.4) is 0 Å². The fraction of sp³-hybridized carbons (Fsp3) is 0.688. The maximum absolute atomic E-state index is 12.8. The molecule has 1 heterocycles. The molecule has 1 aromatic rings. The minimum absolute atomic E-state index is 0.232. The normalized spacial score (nSPS) is 31.9. The Morgan fingerprint density at radius 2 is 2.17 bits per heavy atom. The first kappa shape index (κ1) is 12.4. The second-order valence-electron chi connectivity index (χ2n) is 6.12. The number of thiophene rings is 1. The average Bonchev–Trinajstić information content (AvgIpc) is 2.86. The van der Waals surface area contributed by atoms with Crippen molar-refractivity contribution in [1.29, 1.82) is 0 Å².